The zero-order chi connectivity index (χ0) is 16.5. The van der Waals surface area contributed by atoms with Crippen LogP contribution in [0.4, 0.5) is 0 Å². The normalized spacial score (nSPS) is 29.4. The second-order valence-corrected chi connectivity index (χ2v) is 6.74. The number of ether oxygens (including phenoxy) is 2. The smallest absolute Gasteiger partial charge is 0.130 e. The van der Waals surface area contributed by atoms with Crippen LogP contribution in [-0.2, 0) is 19.1 Å². The minimum atomic E-state index is 0. The Bertz CT molecular complexity index is 319. The molecule has 23 heavy (non-hydrogen) atoms. The van der Waals surface area contributed by atoms with Crippen LogP contribution in [-0.4, -0.2) is 38.0 Å². The van der Waals surface area contributed by atoms with Crippen LogP contribution in [0.3, 0.4) is 0 Å². The largest absolute Gasteiger partial charge is 0.381 e. The molecule has 0 aliphatic heterocycles. The molecule has 0 aromatic heterocycles. The van der Waals surface area contributed by atoms with Gasteiger partial charge < -0.3 is 19.1 Å². The van der Waals surface area contributed by atoms with E-state index in [1.807, 2.05) is 0 Å². The van der Waals surface area contributed by atoms with E-state index in [0.717, 1.165) is 25.7 Å². The highest BCUT2D eigenvalue weighted by Gasteiger charge is 2.28. The Kier molecular flexibility index (Phi) is 11.4. The van der Waals surface area contributed by atoms with E-state index >= 15 is 0 Å². The van der Waals surface area contributed by atoms with Crippen molar-refractivity contribution >= 4 is 11.6 Å². The van der Waals surface area contributed by atoms with Gasteiger partial charge in [0.1, 0.15) is 11.6 Å². The molecule has 4 heteroatoms. The quantitative estimate of drug-likeness (QED) is 0.733. The van der Waals surface area contributed by atoms with E-state index in [9.17, 15) is 9.59 Å². The Morgan fingerprint density at radius 3 is 1.39 bits per heavy atom. The number of methoxy groups -OCH3 is 2. The fourth-order valence-electron chi connectivity index (χ4n) is 3.83. The molecule has 2 aliphatic rings. The van der Waals surface area contributed by atoms with Crippen molar-refractivity contribution in [1.82, 2.24) is 0 Å². The first-order valence-corrected chi connectivity index (χ1v) is 8.52. The third-order valence-corrected chi connectivity index (χ3v) is 4.88. The molecule has 4 atom stereocenters. The number of rotatable bonds is 6. The molecule has 2 fully saturated rings. The minimum Gasteiger partial charge on any atom is -0.381 e. The van der Waals surface area contributed by atoms with Gasteiger partial charge in [0.05, 0.1) is 12.2 Å². The van der Waals surface area contributed by atoms with Crippen molar-refractivity contribution in [1.29, 1.82) is 0 Å². The van der Waals surface area contributed by atoms with Gasteiger partial charge in [0.15, 0.2) is 0 Å². The van der Waals surface area contributed by atoms with Gasteiger partial charge in [0, 0.05) is 27.1 Å². The monoisotopic (exact) mass is 328 g/mol. The third-order valence-electron chi connectivity index (χ3n) is 4.88. The maximum absolute atomic E-state index is 10.8. The van der Waals surface area contributed by atoms with Crippen molar-refractivity contribution in [2.24, 2.45) is 11.8 Å². The predicted octanol–water partition coefficient (Wildman–Crippen LogP) is 4.20. The van der Waals surface area contributed by atoms with Gasteiger partial charge in [-0.3, -0.25) is 0 Å². The lowest BCUT2D eigenvalue weighted by Gasteiger charge is -2.15. The van der Waals surface area contributed by atoms with Crippen LogP contribution in [0.15, 0.2) is 0 Å². The van der Waals surface area contributed by atoms with E-state index in [4.69, 9.17) is 9.47 Å². The molecule has 2 aliphatic carbocycles. The van der Waals surface area contributed by atoms with Crippen LogP contribution >= 0.6 is 0 Å². The molecule has 0 N–H and O–H groups in total. The molecule has 0 amide bonds. The zero-order valence-electron chi connectivity index (χ0n) is 14.6. The van der Waals surface area contributed by atoms with Gasteiger partial charge in [-0.05, 0) is 51.4 Å². The molecular formula is C19H36O4. The van der Waals surface area contributed by atoms with Crippen molar-refractivity contribution in [3.63, 3.8) is 0 Å². The first kappa shape index (κ1) is 22.3. The van der Waals surface area contributed by atoms with Crippen LogP contribution in [0.5, 0.6) is 0 Å². The molecule has 136 valence electrons. The minimum absolute atomic E-state index is 0. The molecule has 0 saturated heterocycles. The lowest BCUT2D eigenvalue weighted by Crippen LogP contribution is -2.18. The number of carbonyl (C=O) groups is 2. The van der Waals surface area contributed by atoms with Gasteiger partial charge in [-0.1, -0.05) is 20.3 Å². The van der Waals surface area contributed by atoms with E-state index in [1.165, 1.54) is 12.8 Å². The van der Waals surface area contributed by atoms with Crippen LogP contribution in [0.2, 0.25) is 0 Å². The second kappa shape index (κ2) is 11.7. The molecular weight excluding hydrogens is 292 g/mol. The molecule has 0 aromatic carbocycles. The Hall–Kier alpha value is -0.740. The summed E-state index contributed by atoms with van der Waals surface area (Å²) >= 11 is 0. The van der Waals surface area contributed by atoms with Crippen molar-refractivity contribution in [2.45, 2.75) is 84.8 Å². The number of Topliss-reactive ketones (excluding diaryl/α,β-unsaturated/α-hetero) is 2. The SMILES string of the molecule is C.COC1CCCC1CC(C)=O.CO[C@@H]1CCC[C@H]1CC(C)=O. The summed E-state index contributed by atoms with van der Waals surface area (Å²) in [5.74, 6) is 1.58. The van der Waals surface area contributed by atoms with Gasteiger partial charge in [-0.15, -0.1) is 0 Å². The highest BCUT2D eigenvalue weighted by molar-refractivity contribution is 5.76. The average molecular weight is 328 g/mol. The number of ketones is 2. The fraction of sp³-hybridized carbons (Fsp3) is 0.895. The molecule has 0 bridgehead atoms. The Labute approximate surface area is 142 Å². The van der Waals surface area contributed by atoms with Crippen molar-refractivity contribution in [3.05, 3.63) is 0 Å². The first-order valence-electron chi connectivity index (χ1n) is 8.52. The van der Waals surface area contributed by atoms with E-state index in [-0.39, 0.29) is 7.43 Å². The lowest BCUT2D eigenvalue weighted by atomic mass is 9.99. The first-order chi connectivity index (χ1) is 10.5. The van der Waals surface area contributed by atoms with Crippen molar-refractivity contribution in [2.75, 3.05) is 14.2 Å². The summed E-state index contributed by atoms with van der Waals surface area (Å²) in [7, 11) is 3.48. The molecule has 2 unspecified atom stereocenters. The summed E-state index contributed by atoms with van der Waals surface area (Å²) < 4.78 is 10.5. The predicted molar refractivity (Wildman–Crippen MR) is 93.6 cm³/mol. The molecule has 0 aromatic rings. The van der Waals surface area contributed by atoms with Crippen LogP contribution in [0, 0.1) is 11.8 Å². The van der Waals surface area contributed by atoms with Gasteiger partial charge >= 0.3 is 0 Å². The zero-order valence-corrected chi connectivity index (χ0v) is 14.6. The third kappa shape index (κ3) is 8.07. The van der Waals surface area contributed by atoms with E-state index in [0.29, 0.717) is 48.5 Å². The van der Waals surface area contributed by atoms with Gasteiger partial charge in [0.2, 0.25) is 0 Å². The fourth-order valence-corrected chi connectivity index (χ4v) is 3.83. The van der Waals surface area contributed by atoms with Crippen LogP contribution < -0.4 is 0 Å². The summed E-state index contributed by atoms with van der Waals surface area (Å²) in [4.78, 5) is 21.6. The molecule has 4 nitrogen and oxygen atoms in total. The van der Waals surface area contributed by atoms with Gasteiger partial charge in [-0.2, -0.15) is 0 Å². The molecule has 0 radical (unpaired) electrons. The summed E-state index contributed by atoms with van der Waals surface area (Å²) in [6, 6.07) is 0. The Morgan fingerprint density at radius 1 is 0.783 bits per heavy atom. The van der Waals surface area contributed by atoms with Crippen molar-refractivity contribution in [3.8, 4) is 0 Å². The van der Waals surface area contributed by atoms with E-state index < -0.39 is 0 Å². The summed E-state index contributed by atoms with van der Waals surface area (Å²) in [5, 5.41) is 0. The number of carbonyl (C=O) groups excluding carboxylic acids is 2. The molecule has 0 heterocycles. The summed E-state index contributed by atoms with van der Waals surface area (Å²) in [5.41, 5.74) is 0. The van der Waals surface area contributed by atoms with E-state index in [1.54, 1.807) is 28.1 Å². The maximum atomic E-state index is 10.8. The highest BCUT2D eigenvalue weighted by atomic mass is 16.5. The number of hydrogen-bond donors (Lipinski definition) is 0. The number of hydrogen-bond acceptors (Lipinski definition) is 4. The summed E-state index contributed by atoms with van der Waals surface area (Å²) in [6.45, 7) is 3.32. The van der Waals surface area contributed by atoms with Gasteiger partial charge in [-0.25, -0.2) is 0 Å². The standard InChI is InChI=1S/2C9H16O2.CH4/c2*1-7(10)6-8-4-3-5-9(8)11-2;/h2*8-9H,3-6H2,1-2H3;1H4/t8-,9+;;/m0../s1. The summed E-state index contributed by atoms with van der Waals surface area (Å²) in [6.07, 6.45) is 9.14. The highest BCUT2D eigenvalue weighted by Crippen LogP contribution is 2.31. The Morgan fingerprint density at radius 2 is 1.13 bits per heavy atom. The lowest BCUT2D eigenvalue weighted by molar-refractivity contribution is -0.119. The molecule has 2 saturated carbocycles. The Balaban J connectivity index is 0.000000403. The van der Waals surface area contributed by atoms with Crippen molar-refractivity contribution < 1.29 is 19.1 Å². The van der Waals surface area contributed by atoms with Gasteiger partial charge in [0.25, 0.3) is 0 Å². The molecule has 0 spiro atoms. The van der Waals surface area contributed by atoms with Crippen LogP contribution in [0.1, 0.15) is 72.6 Å². The second-order valence-electron chi connectivity index (χ2n) is 6.74. The molecule has 2 rings (SSSR count). The maximum Gasteiger partial charge on any atom is 0.130 e. The topological polar surface area (TPSA) is 52.6 Å². The van der Waals surface area contributed by atoms with Crippen LogP contribution in [0.25, 0.3) is 0 Å². The average Bonchev–Trinajstić information content (AvgIpc) is 3.07. The van der Waals surface area contributed by atoms with E-state index in [2.05, 4.69) is 0 Å².